The zero-order chi connectivity index (χ0) is 47.2. The van der Waals surface area contributed by atoms with Gasteiger partial charge in [-0.1, -0.05) is 146 Å². The van der Waals surface area contributed by atoms with Crippen LogP contribution < -0.4 is 14.7 Å². The molecule has 4 heterocycles. The highest BCUT2D eigenvalue weighted by molar-refractivity contribution is 5.96. The van der Waals surface area contributed by atoms with Gasteiger partial charge < -0.3 is 4.90 Å². The zero-order valence-electron chi connectivity index (χ0n) is 40.8. The number of anilines is 8. The first-order valence-corrected chi connectivity index (χ1v) is 24.7. The zero-order valence-corrected chi connectivity index (χ0v) is 40.8. The maximum Gasteiger partial charge on any atom is 0.137 e. The maximum atomic E-state index is 5.08. The summed E-state index contributed by atoms with van der Waals surface area (Å²) in [5, 5.41) is 0. The summed E-state index contributed by atoms with van der Waals surface area (Å²) in [5.74, 6) is 2.16. The average Bonchev–Trinajstić information content (AvgIpc) is 3.73. The van der Waals surface area contributed by atoms with Gasteiger partial charge in [-0.15, -0.1) is 0 Å². The molecule has 3 aliphatic carbocycles. The number of nitrogens with zero attached hydrogens (tertiary/aromatic N) is 5. The largest absolute Gasteiger partial charge is 0.309 e. The van der Waals surface area contributed by atoms with Crippen LogP contribution in [0.1, 0.15) is 106 Å². The summed E-state index contributed by atoms with van der Waals surface area (Å²) in [5.41, 5.74) is 22.2. The van der Waals surface area contributed by atoms with Crippen molar-refractivity contribution >= 4 is 51.3 Å². The number of fused-ring (bicyclic) bond motifs is 10. The minimum Gasteiger partial charge on any atom is -0.309 e. The Bertz CT molecular complexity index is 3500. The maximum absolute atomic E-state index is 5.08. The van der Waals surface area contributed by atoms with Crippen LogP contribution in [0.25, 0.3) is 16.7 Å². The molecule has 6 aromatic carbocycles. The van der Waals surface area contributed by atoms with Gasteiger partial charge in [0, 0.05) is 51.4 Å². The van der Waals surface area contributed by atoms with Crippen molar-refractivity contribution in [1.82, 2.24) is 9.97 Å². The lowest BCUT2D eigenvalue weighted by molar-refractivity contribution is 0.406. The third kappa shape index (κ3) is 5.83. The van der Waals surface area contributed by atoms with Gasteiger partial charge in [-0.05, 0) is 158 Å². The first-order valence-electron chi connectivity index (χ1n) is 24.7. The van der Waals surface area contributed by atoms with E-state index in [0.29, 0.717) is 5.92 Å². The van der Waals surface area contributed by atoms with E-state index in [1.54, 1.807) is 0 Å². The van der Waals surface area contributed by atoms with Gasteiger partial charge in [-0.3, -0.25) is 9.80 Å². The minimum absolute atomic E-state index is 0.00568. The molecule has 0 spiro atoms. The van der Waals surface area contributed by atoms with Crippen LogP contribution in [-0.4, -0.2) is 9.97 Å². The Balaban J connectivity index is 1.01. The number of rotatable bonds is 6. The van der Waals surface area contributed by atoms with E-state index in [-0.39, 0.29) is 16.2 Å². The van der Waals surface area contributed by atoms with E-state index in [9.17, 15) is 0 Å². The molecule has 1 atom stereocenters. The molecule has 0 N–H and O–H groups in total. The molecule has 2 aromatic heterocycles. The van der Waals surface area contributed by atoms with Gasteiger partial charge in [0.25, 0.3) is 0 Å². The summed E-state index contributed by atoms with van der Waals surface area (Å²) in [7, 11) is 0. The molecule has 0 bridgehead atoms. The summed E-state index contributed by atoms with van der Waals surface area (Å²) in [6.45, 7) is 19.2. The van der Waals surface area contributed by atoms with Crippen LogP contribution in [-0.2, 0) is 21.7 Å². The minimum atomic E-state index is -0.416. The molecule has 0 fully saturated rings. The molecule has 5 nitrogen and oxygen atoms in total. The van der Waals surface area contributed by atoms with Crippen molar-refractivity contribution in [3.8, 4) is 11.1 Å². The van der Waals surface area contributed by atoms with Crippen molar-refractivity contribution in [3.05, 3.63) is 232 Å². The number of allylic oxidation sites excluding steroid dienone is 4. The number of hydrogen-bond acceptors (Lipinski definition) is 5. The van der Waals surface area contributed by atoms with E-state index >= 15 is 0 Å². The fourth-order valence-corrected chi connectivity index (χ4v) is 13.1. The van der Waals surface area contributed by atoms with E-state index in [2.05, 4.69) is 228 Å². The molecule has 5 aliphatic rings. The molecule has 5 heteroatoms. The molecule has 0 saturated carbocycles. The second-order valence-corrected chi connectivity index (χ2v) is 21.9. The monoisotopic (exact) mass is 895 g/mol. The Morgan fingerprint density at radius 1 is 0.435 bits per heavy atom. The van der Waals surface area contributed by atoms with Crippen molar-refractivity contribution in [3.63, 3.8) is 0 Å². The smallest absolute Gasteiger partial charge is 0.137 e. The second kappa shape index (κ2) is 14.5. The van der Waals surface area contributed by atoms with Crippen LogP contribution >= 0.6 is 0 Å². The van der Waals surface area contributed by atoms with Gasteiger partial charge in [-0.2, -0.15) is 0 Å². The molecule has 13 rings (SSSR count). The normalized spacial score (nSPS) is 18.6. The van der Waals surface area contributed by atoms with Gasteiger partial charge in [0.2, 0.25) is 0 Å². The number of para-hydroxylation sites is 1. The van der Waals surface area contributed by atoms with E-state index in [1.807, 2.05) is 24.5 Å². The lowest BCUT2D eigenvalue weighted by Crippen LogP contribution is -2.38. The second-order valence-electron chi connectivity index (χ2n) is 21.9. The third-order valence-corrected chi connectivity index (χ3v) is 16.8. The molecule has 69 heavy (non-hydrogen) atoms. The highest BCUT2D eigenvalue weighted by Gasteiger charge is 2.48. The van der Waals surface area contributed by atoms with E-state index in [4.69, 9.17) is 9.97 Å². The predicted octanol–water partition coefficient (Wildman–Crippen LogP) is 16.4. The molecule has 338 valence electrons. The van der Waals surface area contributed by atoms with Gasteiger partial charge in [0.15, 0.2) is 0 Å². The molecule has 0 amide bonds. The number of aromatic nitrogens is 2. The van der Waals surface area contributed by atoms with Crippen LogP contribution in [0, 0.1) is 5.92 Å². The van der Waals surface area contributed by atoms with Crippen LogP contribution in [0.4, 0.5) is 45.8 Å². The van der Waals surface area contributed by atoms with Crippen molar-refractivity contribution in [1.29, 1.82) is 0 Å². The molecule has 0 saturated heterocycles. The van der Waals surface area contributed by atoms with Gasteiger partial charge in [-0.25, -0.2) is 9.97 Å². The molecule has 2 aliphatic heterocycles. The summed E-state index contributed by atoms with van der Waals surface area (Å²) >= 11 is 0. The number of hydrogen-bond donors (Lipinski definition) is 0. The molecular weight excluding hydrogens is 839 g/mol. The van der Waals surface area contributed by atoms with E-state index < -0.39 is 5.41 Å². The fourth-order valence-electron chi connectivity index (χ4n) is 13.1. The molecule has 1 unspecified atom stereocenters. The first kappa shape index (κ1) is 41.7. The van der Waals surface area contributed by atoms with E-state index in [1.165, 1.54) is 84.0 Å². The third-order valence-electron chi connectivity index (χ3n) is 16.8. The SMILES string of the molecule is CC1(C)c2ccccc2-c2ccc(N(c3cc4c5c(c3)C(C)(C)c3cc(N(C6=CC=C7c8ccccc8C(C)(C)C7C6)c6ccccn6)ccc3N5c3ccccc3C4(C)C)c3ccccn3)cc21. The van der Waals surface area contributed by atoms with Crippen LogP contribution in [0.15, 0.2) is 188 Å². The topological polar surface area (TPSA) is 35.5 Å². The molecular formula is C64H57N5. The van der Waals surface area contributed by atoms with Crippen LogP contribution in [0.2, 0.25) is 0 Å². The summed E-state index contributed by atoms with van der Waals surface area (Å²) in [6, 6.07) is 58.6. The van der Waals surface area contributed by atoms with Crippen molar-refractivity contribution in [2.75, 3.05) is 14.7 Å². The highest BCUT2D eigenvalue weighted by Crippen LogP contribution is 2.62. The standard InChI is InChI=1S/C64H57N5/c1-61(2)48-21-11-9-19-44(48)46-30-27-40(35-51(46)61)67(58-25-15-17-33-65-58)42-29-32-57-53(37-42)64(7,8)55-39-43(38-54-60(55)69(57)56-24-14-13-23-50(56)63(54,5)6)68(59-26-16-18-34-66-59)41-28-31-47-45-20-10-12-22-49(45)62(3,4)52(47)36-41/h9-34,36-39,51H,35H2,1-8H3. The van der Waals surface area contributed by atoms with Gasteiger partial charge in [0.1, 0.15) is 11.6 Å². The van der Waals surface area contributed by atoms with Crippen molar-refractivity contribution in [2.24, 2.45) is 5.92 Å². The Morgan fingerprint density at radius 3 is 1.67 bits per heavy atom. The number of benzene rings is 6. The Kier molecular flexibility index (Phi) is 8.76. The Morgan fingerprint density at radius 2 is 0.957 bits per heavy atom. The lowest BCUT2D eigenvalue weighted by atomic mass is 9.66. The molecule has 0 radical (unpaired) electrons. The van der Waals surface area contributed by atoms with Gasteiger partial charge in [0.05, 0.1) is 17.1 Å². The Labute approximate surface area is 407 Å². The van der Waals surface area contributed by atoms with Crippen LogP contribution in [0.3, 0.4) is 0 Å². The van der Waals surface area contributed by atoms with Crippen molar-refractivity contribution in [2.45, 2.75) is 83.5 Å². The summed E-state index contributed by atoms with van der Waals surface area (Å²) in [6.07, 6.45) is 9.48. The molecule has 8 aromatic rings. The van der Waals surface area contributed by atoms with Crippen molar-refractivity contribution < 1.29 is 0 Å². The quantitative estimate of drug-likeness (QED) is 0.166. The summed E-state index contributed by atoms with van der Waals surface area (Å²) in [4.78, 5) is 17.5. The lowest BCUT2D eigenvalue weighted by Gasteiger charge is -2.50. The average molecular weight is 896 g/mol. The summed E-state index contributed by atoms with van der Waals surface area (Å²) < 4.78 is 0. The fraction of sp³-hybridized carbons (Fsp3) is 0.219. The first-order chi connectivity index (χ1) is 33.3. The Hall–Kier alpha value is -7.50. The van der Waals surface area contributed by atoms with Gasteiger partial charge >= 0.3 is 0 Å². The number of pyridine rings is 2. The predicted molar refractivity (Wildman–Crippen MR) is 285 cm³/mol. The van der Waals surface area contributed by atoms with Crippen LogP contribution in [0.5, 0.6) is 0 Å². The highest BCUT2D eigenvalue weighted by atomic mass is 15.2. The van der Waals surface area contributed by atoms with E-state index in [0.717, 1.165) is 35.1 Å².